The highest BCUT2D eigenvalue weighted by Crippen LogP contribution is 2.14. The van der Waals surface area contributed by atoms with Crippen molar-refractivity contribution in [3.63, 3.8) is 0 Å². The van der Waals surface area contributed by atoms with E-state index in [1.165, 1.54) is 6.07 Å². The van der Waals surface area contributed by atoms with Crippen LogP contribution in [0.1, 0.15) is 10.4 Å². The predicted molar refractivity (Wildman–Crippen MR) is 64.1 cm³/mol. The Hall–Kier alpha value is -0.920. The molecule has 1 aromatic heterocycles. The zero-order valence-electron chi connectivity index (χ0n) is 8.77. The maximum atomic E-state index is 11.6. The van der Waals surface area contributed by atoms with Gasteiger partial charge in [-0.15, -0.1) is 10.2 Å². The summed E-state index contributed by atoms with van der Waals surface area (Å²) in [4.78, 5) is 11.6. The van der Waals surface area contributed by atoms with Gasteiger partial charge in [-0.1, -0.05) is 23.2 Å². The van der Waals surface area contributed by atoms with Crippen molar-refractivity contribution in [3.8, 4) is 0 Å². The van der Waals surface area contributed by atoms with E-state index in [-0.39, 0.29) is 28.2 Å². The molecule has 0 saturated carbocycles. The van der Waals surface area contributed by atoms with Crippen LogP contribution in [0.25, 0.3) is 0 Å². The molecule has 1 rings (SSSR count). The normalized spacial score (nSPS) is 11.2. The van der Waals surface area contributed by atoms with Gasteiger partial charge in [0.05, 0.1) is 11.3 Å². The van der Waals surface area contributed by atoms with E-state index in [0.29, 0.717) is 0 Å². The molecule has 1 aromatic rings. The van der Waals surface area contributed by atoms with E-state index in [1.54, 1.807) is 0 Å². The molecule has 0 unspecified atom stereocenters. The second-order valence-corrected chi connectivity index (χ2v) is 6.26. The molecule has 0 bridgehead atoms. The number of sulfone groups is 1. The summed E-state index contributed by atoms with van der Waals surface area (Å²) in [5.74, 6) is -0.696. The minimum absolute atomic E-state index is 0.00601. The largest absolute Gasteiger partial charge is 0.351 e. The molecule has 17 heavy (non-hydrogen) atoms. The van der Waals surface area contributed by atoms with Gasteiger partial charge < -0.3 is 5.32 Å². The van der Waals surface area contributed by atoms with Crippen LogP contribution in [0, 0.1) is 0 Å². The second-order valence-electron chi connectivity index (χ2n) is 3.26. The Kier molecular flexibility index (Phi) is 4.67. The molecule has 0 atom stereocenters. The van der Waals surface area contributed by atoms with Gasteiger partial charge >= 0.3 is 0 Å². The van der Waals surface area contributed by atoms with Crippen LogP contribution in [0.4, 0.5) is 0 Å². The molecule has 0 fully saturated rings. The number of halogens is 2. The summed E-state index contributed by atoms with van der Waals surface area (Å²) in [6, 6.07) is 1.26. The van der Waals surface area contributed by atoms with Crippen LogP contribution < -0.4 is 5.32 Å². The van der Waals surface area contributed by atoms with Crippen molar-refractivity contribution in [1.29, 1.82) is 0 Å². The molecule has 9 heteroatoms. The highest BCUT2D eigenvalue weighted by Gasteiger charge is 2.13. The number of rotatable bonds is 4. The molecule has 6 nitrogen and oxygen atoms in total. The fourth-order valence-electron chi connectivity index (χ4n) is 0.957. The highest BCUT2D eigenvalue weighted by molar-refractivity contribution is 7.90. The van der Waals surface area contributed by atoms with Crippen LogP contribution >= 0.6 is 23.2 Å². The summed E-state index contributed by atoms with van der Waals surface area (Å²) >= 11 is 11.2. The number of nitrogens with zero attached hydrogens (tertiary/aromatic N) is 2. The summed E-state index contributed by atoms with van der Waals surface area (Å²) in [6.07, 6.45) is 1.08. The van der Waals surface area contributed by atoms with Crippen molar-refractivity contribution in [2.24, 2.45) is 0 Å². The van der Waals surface area contributed by atoms with E-state index in [0.717, 1.165) is 6.26 Å². The molecule has 0 aliphatic heterocycles. The average Bonchev–Trinajstić information content (AvgIpc) is 2.19. The lowest BCUT2D eigenvalue weighted by atomic mass is 10.3. The topological polar surface area (TPSA) is 89.0 Å². The summed E-state index contributed by atoms with van der Waals surface area (Å²) in [6.45, 7) is -0.00601. The minimum atomic E-state index is -3.12. The van der Waals surface area contributed by atoms with Gasteiger partial charge in [0, 0.05) is 12.8 Å². The Balaban J connectivity index is 2.67. The fourth-order valence-corrected chi connectivity index (χ4v) is 1.76. The van der Waals surface area contributed by atoms with Crippen LogP contribution in [0.3, 0.4) is 0 Å². The zero-order valence-corrected chi connectivity index (χ0v) is 11.1. The molecule has 1 heterocycles. The number of hydrogen-bond acceptors (Lipinski definition) is 5. The van der Waals surface area contributed by atoms with Gasteiger partial charge in [0.2, 0.25) is 0 Å². The van der Waals surface area contributed by atoms with Crippen LogP contribution in [0.2, 0.25) is 10.3 Å². The fraction of sp³-hybridized carbons (Fsp3) is 0.375. The minimum Gasteiger partial charge on any atom is -0.351 e. The second kappa shape index (κ2) is 5.61. The predicted octanol–water partition coefficient (Wildman–Crippen LogP) is 0.558. The molecular formula is C8H9Cl2N3O3S. The Morgan fingerprint density at radius 1 is 1.41 bits per heavy atom. The zero-order chi connectivity index (χ0) is 13.1. The number of aromatic nitrogens is 2. The van der Waals surface area contributed by atoms with Crippen molar-refractivity contribution in [3.05, 3.63) is 21.9 Å². The van der Waals surface area contributed by atoms with Gasteiger partial charge in [-0.2, -0.15) is 0 Å². The molecule has 1 N–H and O–H groups in total. The van der Waals surface area contributed by atoms with Gasteiger partial charge in [-0.3, -0.25) is 4.79 Å². The Labute approximate surface area is 108 Å². The van der Waals surface area contributed by atoms with E-state index in [2.05, 4.69) is 15.5 Å². The number of carbonyl (C=O) groups is 1. The first-order valence-corrected chi connectivity index (χ1v) is 7.26. The molecule has 94 valence electrons. The van der Waals surface area contributed by atoms with E-state index in [9.17, 15) is 13.2 Å². The highest BCUT2D eigenvalue weighted by atomic mass is 35.5. The van der Waals surface area contributed by atoms with E-state index >= 15 is 0 Å². The van der Waals surface area contributed by atoms with Crippen LogP contribution in [-0.4, -0.2) is 43.1 Å². The van der Waals surface area contributed by atoms with E-state index < -0.39 is 15.7 Å². The lowest BCUT2D eigenvalue weighted by Crippen LogP contribution is -2.29. The van der Waals surface area contributed by atoms with Crippen LogP contribution in [0.15, 0.2) is 6.07 Å². The monoisotopic (exact) mass is 297 g/mol. The summed E-state index contributed by atoms with van der Waals surface area (Å²) in [7, 11) is -3.12. The number of nitrogens with one attached hydrogen (secondary N) is 1. The van der Waals surface area contributed by atoms with Crippen LogP contribution in [0.5, 0.6) is 0 Å². The van der Waals surface area contributed by atoms with Crippen molar-refractivity contribution >= 4 is 38.9 Å². The van der Waals surface area contributed by atoms with Crippen LogP contribution in [-0.2, 0) is 9.84 Å². The standard InChI is InChI=1S/C8H9Cl2N3O3S/c1-17(15,16)3-2-11-8(14)5-4-6(9)12-13-7(5)10/h4H,2-3H2,1H3,(H,11,14). The SMILES string of the molecule is CS(=O)(=O)CCNC(=O)c1cc(Cl)nnc1Cl. The van der Waals surface area contributed by atoms with Gasteiger partial charge in [0.25, 0.3) is 5.91 Å². The maximum Gasteiger partial charge on any atom is 0.254 e. The molecule has 0 aromatic carbocycles. The first-order chi connectivity index (χ1) is 7.79. The molecule has 1 amide bonds. The lowest BCUT2D eigenvalue weighted by molar-refractivity contribution is 0.0955. The molecule has 0 radical (unpaired) electrons. The Morgan fingerprint density at radius 2 is 2.06 bits per heavy atom. The van der Waals surface area contributed by atoms with Crippen molar-refractivity contribution in [1.82, 2.24) is 15.5 Å². The van der Waals surface area contributed by atoms with Crippen molar-refractivity contribution < 1.29 is 13.2 Å². The third-order valence-electron chi connectivity index (χ3n) is 1.72. The number of amides is 1. The van der Waals surface area contributed by atoms with Crippen molar-refractivity contribution in [2.45, 2.75) is 0 Å². The average molecular weight is 298 g/mol. The first kappa shape index (κ1) is 14.1. The smallest absolute Gasteiger partial charge is 0.254 e. The lowest BCUT2D eigenvalue weighted by Gasteiger charge is -2.05. The van der Waals surface area contributed by atoms with Gasteiger partial charge in [-0.05, 0) is 6.07 Å². The third kappa shape index (κ3) is 4.84. The van der Waals surface area contributed by atoms with Gasteiger partial charge in [-0.25, -0.2) is 8.42 Å². The maximum absolute atomic E-state index is 11.6. The summed E-state index contributed by atoms with van der Waals surface area (Å²) < 4.78 is 21.7. The van der Waals surface area contributed by atoms with E-state index in [1.807, 2.05) is 0 Å². The molecule has 0 spiro atoms. The third-order valence-corrected chi connectivity index (χ3v) is 3.13. The quantitative estimate of drug-likeness (QED) is 0.877. The first-order valence-electron chi connectivity index (χ1n) is 4.44. The molecule has 0 aliphatic rings. The Bertz CT molecular complexity index is 533. The van der Waals surface area contributed by atoms with E-state index in [4.69, 9.17) is 23.2 Å². The molecule has 0 aliphatic carbocycles. The summed E-state index contributed by atoms with van der Waals surface area (Å²) in [5.41, 5.74) is 0.0557. The Morgan fingerprint density at radius 3 is 2.65 bits per heavy atom. The molecular weight excluding hydrogens is 289 g/mol. The number of carbonyl (C=O) groups excluding carboxylic acids is 1. The van der Waals surface area contributed by atoms with Gasteiger partial charge in [0.15, 0.2) is 10.3 Å². The summed E-state index contributed by atoms with van der Waals surface area (Å²) in [5, 5.41) is 9.24. The molecule has 0 saturated heterocycles. The van der Waals surface area contributed by atoms with Crippen molar-refractivity contribution in [2.75, 3.05) is 18.6 Å². The van der Waals surface area contributed by atoms with Gasteiger partial charge in [0.1, 0.15) is 9.84 Å². The number of hydrogen-bond donors (Lipinski definition) is 1.